The molecule has 1 aliphatic heterocycles. The van der Waals surface area contributed by atoms with E-state index in [-0.39, 0.29) is 0 Å². The Bertz CT molecular complexity index is 556. The number of nitrogens with zero attached hydrogens (tertiary/aromatic N) is 1. The van der Waals surface area contributed by atoms with Crippen LogP contribution in [-0.4, -0.2) is 19.3 Å². The number of hydrogen-bond donors (Lipinski definition) is 0. The molecule has 0 spiro atoms. The molecule has 1 aromatic rings. The van der Waals surface area contributed by atoms with Gasteiger partial charge < -0.3 is 0 Å². The molecule has 0 amide bonds. The minimum absolute atomic E-state index is 0.322. The van der Waals surface area contributed by atoms with E-state index in [9.17, 15) is 8.42 Å². The van der Waals surface area contributed by atoms with E-state index < -0.39 is 10.0 Å². The lowest BCUT2D eigenvalue weighted by Gasteiger charge is -2.24. The zero-order valence-electron chi connectivity index (χ0n) is 9.76. The maximum absolute atomic E-state index is 12.3. The molecule has 0 unspecified atom stereocenters. The first-order valence-corrected chi connectivity index (χ1v) is 6.86. The van der Waals surface area contributed by atoms with Gasteiger partial charge in [0.05, 0.1) is 11.4 Å². The van der Waals surface area contributed by atoms with Crippen LogP contribution in [0, 0.1) is 6.92 Å². The van der Waals surface area contributed by atoms with Gasteiger partial charge in [-0.05, 0) is 25.5 Å². The minimum Gasteiger partial charge on any atom is -0.270 e. The van der Waals surface area contributed by atoms with E-state index in [1.165, 1.54) is 4.31 Å². The minimum atomic E-state index is -3.43. The molecule has 0 bridgehead atoms. The van der Waals surface area contributed by atoms with E-state index >= 15 is 0 Å². The topological polar surface area (TPSA) is 37.4 Å². The third-order valence-corrected chi connectivity index (χ3v) is 4.42. The molecule has 1 aliphatic rings. The quantitative estimate of drug-likeness (QED) is 0.755. The van der Waals surface area contributed by atoms with Gasteiger partial charge >= 0.3 is 0 Å². The third-order valence-electron chi connectivity index (χ3n) is 2.69. The molecule has 1 aromatic carbocycles. The van der Waals surface area contributed by atoms with Crippen molar-refractivity contribution in [1.82, 2.24) is 4.31 Å². The Morgan fingerprint density at radius 2 is 1.88 bits per heavy atom. The molecular weight excluding hydrogens is 234 g/mol. The van der Waals surface area contributed by atoms with Crippen LogP contribution in [0.25, 0.3) is 0 Å². The summed E-state index contributed by atoms with van der Waals surface area (Å²) in [6.07, 6.45) is 4.18. The summed E-state index contributed by atoms with van der Waals surface area (Å²) in [4.78, 5) is 0.322. The van der Waals surface area contributed by atoms with Gasteiger partial charge in [-0.2, -0.15) is 0 Å². The summed E-state index contributed by atoms with van der Waals surface area (Å²) in [5, 5.41) is 0. The molecule has 3 nitrogen and oxygen atoms in total. The lowest BCUT2D eigenvalue weighted by atomic mass is 10.2. The smallest absolute Gasteiger partial charge is 0.264 e. The highest BCUT2D eigenvalue weighted by molar-refractivity contribution is 7.89. The Kier molecular flexibility index (Phi) is 3.07. The molecule has 0 atom stereocenters. The molecular formula is C13H15NO2S. The Hall–Kier alpha value is -1.55. The molecule has 4 heteroatoms. The van der Waals surface area contributed by atoms with Crippen molar-refractivity contribution in [3.8, 4) is 0 Å². The highest BCUT2D eigenvalue weighted by Crippen LogP contribution is 2.21. The number of sulfonamides is 1. The van der Waals surface area contributed by atoms with E-state index in [0.717, 1.165) is 17.6 Å². The Balaban J connectivity index is 2.36. The SMILES string of the molecule is C=C1CC=CN(S(=O)(=O)c2ccc(C)cc2)C1. The fourth-order valence-corrected chi connectivity index (χ4v) is 3.03. The average molecular weight is 249 g/mol. The molecule has 2 rings (SSSR count). The van der Waals surface area contributed by atoms with Crippen LogP contribution in [0.3, 0.4) is 0 Å². The Morgan fingerprint density at radius 1 is 1.24 bits per heavy atom. The monoisotopic (exact) mass is 249 g/mol. The summed E-state index contributed by atoms with van der Waals surface area (Å²) in [7, 11) is -3.43. The first-order valence-electron chi connectivity index (χ1n) is 5.42. The van der Waals surface area contributed by atoms with Crippen LogP contribution in [0.15, 0.2) is 53.6 Å². The molecule has 0 fully saturated rings. The number of hydrogen-bond acceptors (Lipinski definition) is 2. The van der Waals surface area contributed by atoms with E-state index in [4.69, 9.17) is 0 Å². The molecule has 0 saturated heterocycles. The molecule has 0 saturated carbocycles. The molecule has 90 valence electrons. The molecule has 0 aliphatic carbocycles. The van der Waals surface area contributed by atoms with Crippen molar-refractivity contribution in [3.63, 3.8) is 0 Å². The van der Waals surface area contributed by atoms with Gasteiger partial charge in [0.2, 0.25) is 0 Å². The van der Waals surface area contributed by atoms with Crippen LogP contribution in [0.1, 0.15) is 12.0 Å². The lowest BCUT2D eigenvalue weighted by Crippen LogP contribution is -2.29. The number of benzene rings is 1. The second-order valence-corrected chi connectivity index (χ2v) is 6.09. The second-order valence-electron chi connectivity index (χ2n) is 4.20. The van der Waals surface area contributed by atoms with Gasteiger partial charge in [0.25, 0.3) is 10.0 Å². The van der Waals surface area contributed by atoms with Crippen LogP contribution in [0.2, 0.25) is 0 Å². The molecule has 0 aromatic heterocycles. The maximum Gasteiger partial charge on any atom is 0.264 e. The van der Waals surface area contributed by atoms with Crippen molar-refractivity contribution in [2.24, 2.45) is 0 Å². The van der Waals surface area contributed by atoms with Gasteiger partial charge in [0, 0.05) is 6.20 Å². The zero-order valence-corrected chi connectivity index (χ0v) is 10.6. The predicted octanol–water partition coefficient (Wildman–Crippen LogP) is 2.46. The van der Waals surface area contributed by atoms with E-state index in [0.29, 0.717) is 11.4 Å². The van der Waals surface area contributed by atoms with Crippen LogP contribution >= 0.6 is 0 Å². The van der Waals surface area contributed by atoms with Crippen molar-refractivity contribution in [1.29, 1.82) is 0 Å². The zero-order chi connectivity index (χ0) is 12.5. The molecule has 0 N–H and O–H groups in total. The van der Waals surface area contributed by atoms with Crippen LogP contribution < -0.4 is 0 Å². The first kappa shape index (κ1) is 11.9. The fraction of sp³-hybridized carbons (Fsp3) is 0.231. The summed E-state index contributed by atoms with van der Waals surface area (Å²) in [6, 6.07) is 6.87. The van der Waals surface area contributed by atoms with Crippen molar-refractivity contribution < 1.29 is 8.42 Å². The highest BCUT2D eigenvalue weighted by atomic mass is 32.2. The normalized spacial score (nSPS) is 16.3. The maximum atomic E-state index is 12.3. The third kappa shape index (κ3) is 2.42. The van der Waals surface area contributed by atoms with E-state index in [1.54, 1.807) is 30.5 Å². The standard InChI is InChI=1S/C13H15NO2S/c1-11-5-7-13(8-6-11)17(15,16)14-9-3-4-12(2)10-14/h3,5-9H,2,4,10H2,1H3. The number of rotatable bonds is 2. The van der Waals surface area contributed by atoms with Gasteiger partial charge in [0.15, 0.2) is 0 Å². The molecule has 1 heterocycles. The number of aryl methyl sites for hydroxylation is 1. The molecule has 0 radical (unpaired) electrons. The fourth-order valence-electron chi connectivity index (χ4n) is 1.69. The van der Waals surface area contributed by atoms with Crippen molar-refractivity contribution >= 4 is 10.0 Å². The largest absolute Gasteiger partial charge is 0.270 e. The van der Waals surface area contributed by atoms with Gasteiger partial charge in [0.1, 0.15) is 0 Å². The lowest BCUT2D eigenvalue weighted by molar-refractivity contribution is 0.509. The van der Waals surface area contributed by atoms with Gasteiger partial charge in [-0.3, -0.25) is 4.31 Å². The van der Waals surface area contributed by atoms with E-state index in [2.05, 4.69) is 6.58 Å². The van der Waals surface area contributed by atoms with Gasteiger partial charge in [-0.15, -0.1) is 0 Å². The van der Waals surface area contributed by atoms with Crippen molar-refractivity contribution in [3.05, 3.63) is 54.3 Å². The first-order chi connectivity index (χ1) is 8.00. The van der Waals surface area contributed by atoms with Crippen LogP contribution in [0.5, 0.6) is 0 Å². The Labute approximate surface area is 102 Å². The van der Waals surface area contributed by atoms with Gasteiger partial charge in [-0.1, -0.05) is 35.9 Å². The second kappa shape index (κ2) is 4.37. The summed E-state index contributed by atoms with van der Waals surface area (Å²) in [6.45, 7) is 6.13. The summed E-state index contributed by atoms with van der Waals surface area (Å²) < 4.78 is 25.9. The summed E-state index contributed by atoms with van der Waals surface area (Å²) in [5.74, 6) is 0. The van der Waals surface area contributed by atoms with Gasteiger partial charge in [-0.25, -0.2) is 8.42 Å². The summed E-state index contributed by atoms with van der Waals surface area (Å²) >= 11 is 0. The van der Waals surface area contributed by atoms with Crippen LogP contribution in [-0.2, 0) is 10.0 Å². The predicted molar refractivity (Wildman–Crippen MR) is 68.0 cm³/mol. The van der Waals surface area contributed by atoms with Crippen molar-refractivity contribution in [2.45, 2.75) is 18.2 Å². The number of allylic oxidation sites excluding steroid dienone is 1. The highest BCUT2D eigenvalue weighted by Gasteiger charge is 2.23. The summed E-state index contributed by atoms with van der Waals surface area (Å²) in [5.41, 5.74) is 1.95. The van der Waals surface area contributed by atoms with E-state index in [1.807, 2.05) is 13.0 Å². The Morgan fingerprint density at radius 3 is 2.47 bits per heavy atom. The van der Waals surface area contributed by atoms with Crippen molar-refractivity contribution in [2.75, 3.05) is 6.54 Å². The van der Waals surface area contributed by atoms with Crippen LogP contribution in [0.4, 0.5) is 0 Å². The molecule has 17 heavy (non-hydrogen) atoms. The average Bonchev–Trinajstić information content (AvgIpc) is 2.29.